The first kappa shape index (κ1) is 28.2. The van der Waals surface area contributed by atoms with Crippen LogP contribution in [0, 0.1) is 11.3 Å². The molecule has 222 valence electrons. The first-order valence-corrected chi connectivity index (χ1v) is 14.9. The molecule has 0 bridgehead atoms. The molecule has 12 heteroatoms. The Morgan fingerprint density at radius 3 is 2.67 bits per heavy atom. The van der Waals surface area contributed by atoms with Crippen molar-refractivity contribution in [1.29, 1.82) is 0 Å². The summed E-state index contributed by atoms with van der Waals surface area (Å²) in [5, 5.41) is 3.82. The minimum atomic E-state index is -0.859. The molecule has 2 saturated carbocycles. The van der Waals surface area contributed by atoms with E-state index in [1.807, 2.05) is 36.6 Å². The van der Waals surface area contributed by atoms with Crippen LogP contribution in [0.5, 0.6) is 0 Å². The summed E-state index contributed by atoms with van der Waals surface area (Å²) in [7, 11) is 0. The third-order valence-corrected chi connectivity index (χ3v) is 9.01. The monoisotopic (exact) mass is 621 g/mol. The van der Waals surface area contributed by atoms with Gasteiger partial charge in [-0.2, -0.15) is 9.97 Å². The van der Waals surface area contributed by atoms with Gasteiger partial charge in [-0.15, -0.1) is 0 Å². The van der Waals surface area contributed by atoms with Gasteiger partial charge in [0.15, 0.2) is 28.6 Å². The number of rotatable bonds is 8. The largest absolute Gasteiger partial charge is 0.465 e. The summed E-state index contributed by atoms with van der Waals surface area (Å²) in [5.74, 6) is -0.907. The smallest absolute Gasteiger partial charge is 0.315 e. The average Bonchev–Trinajstić information content (AvgIpc) is 3.31. The van der Waals surface area contributed by atoms with Gasteiger partial charge in [0.1, 0.15) is 17.6 Å². The second kappa shape index (κ2) is 10.3. The molecule has 0 unspecified atom stereocenters. The zero-order valence-electron chi connectivity index (χ0n) is 23.7. The fourth-order valence-electron chi connectivity index (χ4n) is 6.78. The lowest BCUT2D eigenvalue weighted by Crippen LogP contribution is -2.36. The topological polar surface area (TPSA) is 117 Å². The van der Waals surface area contributed by atoms with Crippen LogP contribution < -0.4 is 5.32 Å². The van der Waals surface area contributed by atoms with Gasteiger partial charge in [-0.25, -0.2) is 4.98 Å². The second-order valence-corrected chi connectivity index (χ2v) is 12.4. The highest BCUT2D eigenvalue weighted by atomic mass is 35.5. The quantitative estimate of drug-likeness (QED) is 0.152. The molecule has 0 radical (unpaired) electrons. The predicted octanol–water partition coefficient (Wildman–Crippen LogP) is 5.62. The van der Waals surface area contributed by atoms with E-state index in [0.717, 1.165) is 0 Å². The Labute approximate surface area is 257 Å². The van der Waals surface area contributed by atoms with Gasteiger partial charge in [0.05, 0.1) is 19.0 Å². The highest BCUT2D eigenvalue weighted by Gasteiger charge is 2.80. The summed E-state index contributed by atoms with van der Waals surface area (Å²) in [5.41, 5.74) is 2.00. The summed E-state index contributed by atoms with van der Waals surface area (Å²) in [6.45, 7) is 6.01. The Bertz CT molecular complexity index is 1760. The molecular weight excluding hydrogens is 593 g/mol. The minimum Gasteiger partial charge on any atom is -0.465 e. The Kier molecular flexibility index (Phi) is 6.73. The number of hydrogen-bond donors (Lipinski definition) is 1. The van der Waals surface area contributed by atoms with E-state index < -0.39 is 23.4 Å². The van der Waals surface area contributed by atoms with Gasteiger partial charge in [-0.3, -0.25) is 9.59 Å². The lowest BCUT2D eigenvalue weighted by molar-refractivity contribution is -0.172. The van der Waals surface area contributed by atoms with Crippen LogP contribution >= 0.6 is 23.2 Å². The van der Waals surface area contributed by atoms with Crippen molar-refractivity contribution in [3.63, 3.8) is 0 Å². The summed E-state index contributed by atoms with van der Waals surface area (Å²) in [4.78, 5) is 40.1. The van der Waals surface area contributed by atoms with Gasteiger partial charge in [-0.1, -0.05) is 41.9 Å². The van der Waals surface area contributed by atoms with E-state index in [-0.39, 0.29) is 42.1 Å². The van der Waals surface area contributed by atoms with Crippen molar-refractivity contribution in [2.45, 2.75) is 57.8 Å². The number of fused-ring (bicyclic) bond motifs is 4. The maximum atomic E-state index is 13.3. The Balaban J connectivity index is 1.22. The van der Waals surface area contributed by atoms with E-state index in [4.69, 9.17) is 37.4 Å². The summed E-state index contributed by atoms with van der Waals surface area (Å²) in [6, 6.07) is 14.0. The lowest BCUT2D eigenvalue weighted by Gasteiger charge is -2.24. The van der Waals surface area contributed by atoms with Gasteiger partial charge in [0, 0.05) is 28.6 Å². The van der Waals surface area contributed by atoms with Gasteiger partial charge in [-0.05, 0) is 62.6 Å². The maximum absolute atomic E-state index is 13.3. The van der Waals surface area contributed by atoms with Crippen LogP contribution in [-0.4, -0.2) is 55.9 Å². The molecule has 4 aromatic rings. The van der Waals surface area contributed by atoms with Crippen molar-refractivity contribution in [2.75, 3.05) is 11.9 Å². The average molecular weight is 623 g/mol. The number of ketones is 1. The number of ether oxygens (including phenoxy) is 3. The molecule has 0 amide bonds. The first-order valence-electron chi connectivity index (χ1n) is 14.2. The first-order chi connectivity index (χ1) is 20.6. The molecule has 7 rings (SSSR count). The molecule has 10 nitrogen and oxygen atoms in total. The molecule has 2 aliphatic carbocycles. The molecule has 3 heterocycles. The van der Waals surface area contributed by atoms with Crippen LogP contribution in [0.15, 0.2) is 54.9 Å². The minimum absolute atomic E-state index is 0.0225. The molecule has 1 saturated heterocycles. The zero-order valence-corrected chi connectivity index (χ0v) is 25.2. The second-order valence-electron chi connectivity index (χ2n) is 11.6. The van der Waals surface area contributed by atoms with Gasteiger partial charge in [0.2, 0.25) is 5.28 Å². The van der Waals surface area contributed by atoms with Crippen molar-refractivity contribution in [1.82, 2.24) is 19.5 Å². The number of anilines is 1. The third kappa shape index (κ3) is 4.59. The number of imidazole rings is 1. The van der Waals surface area contributed by atoms with Crippen LogP contribution in [0.4, 0.5) is 5.82 Å². The maximum Gasteiger partial charge on any atom is 0.315 e. The zero-order chi connectivity index (χ0) is 30.1. The number of nitrogens with one attached hydrogen (secondary N) is 1. The van der Waals surface area contributed by atoms with Crippen molar-refractivity contribution in [2.24, 2.45) is 11.3 Å². The van der Waals surface area contributed by atoms with Crippen LogP contribution in [0.1, 0.15) is 54.7 Å². The molecule has 3 fully saturated rings. The van der Waals surface area contributed by atoms with E-state index in [1.54, 1.807) is 43.6 Å². The third-order valence-electron chi connectivity index (χ3n) is 8.61. The fraction of sp³-hybridized carbons (Fsp3) is 0.387. The van der Waals surface area contributed by atoms with Gasteiger partial charge >= 0.3 is 5.97 Å². The Morgan fingerprint density at radius 1 is 1.12 bits per heavy atom. The lowest BCUT2D eigenvalue weighted by atomic mass is 9.98. The Hall–Kier alpha value is -3.57. The molecule has 2 aromatic heterocycles. The number of carbonyl (C=O) groups is 2. The highest BCUT2D eigenvalue weighted by Crippen LogP contribution is 2.72. The van der Waals surface area contributed by atoms with Crippen molar-refractivity contribution in [3.05, 3.63) is 81.9 Å². The van der Waals surface area contributed by atoms with Crippen LogP contribution in [-0.2, 0) is 25.5 Å². The fourth-order valence-corrected chi connectivity index (χ4v) is 7.14. The van der Waals surface area contributed by atoms with Crippen LogP contribution in [0.2, 0.25) is 10.3 Å². The molecule has 2 aromatic carbocycles. The van der Waals surface area contributed by atoms with Crippen LogP contribution in [0.25, 0.3) is 11.2 Å². The molecule has 1 aliphatic heterocycles. The number of benzene rings is 2. The molecule has 1 N–H and O–H groups in total. The highest BCUT2D eigenvalue weighted by molar-refractivity contribution is 6.31. The normalized spacial score (nSPS) is 26.6. The van der Waals surface area contributed by atoms with E-state index in [9.17, 15) is 9.59 Å². The van der Waals surface area contributed by atoms with Crippen molar-refractivity contribution in [3.8, 4) is 0 Å². The number of hydrogen-bond acceptors (Lipinski definition) is 9. The van der Waals surface area contributed by atoms with Crippen molar-refractivity contribution >= 4 is 51.9 Å². The summed E-state index contributed by atoms with van der Waals surface area (Å²) < 4.78 is 20.0. The molecule has 0 spiro atoms. The van der Waals surface area contributed by atoms with Gasteiger partial charge < -0.3 is 24.1 Å². The molecule has 43 heavy (non-hydrogen) atoms. The van der Waals surface area contributed by atoms with E-state index in [0.29, 0.717) is 45.1 Å². The number of carbonyl (C=O) groups excluding carboxylic acids is 2. The van der Waals surface area contributed by atoms with Crippen molar-refractivity contribution < 1.29 is 23.8 Å². The number of halogens is 2. The SMILES string of the molecule is CCOC(=O)[C@@]12C[C@@H]1[C@@H](n1cnc3c(NCc4cc(Cl)ccc4C(=O)c4ccccc4)nc(Cl)nc31)[C@@H]1OC(C)(C)O[C@@H]12. The van der Waals surface area contributed by atoms with Crippen LogP contribution in [0.3, 0.4) is 0 Å². The summed E-state index contributed by atoms with van der Waals surface area (Å²) in [6.07, 6.45) is 1.44. The molecular formula is C31H29Cl2N5O5. The van der Waals surface area contributed by atoms with E-state index in [2.05, 4.69) is 20.3 Å². The summed E-state index contributed by atoms with van der Waals surface area (Å²) >= 11 is 12.8. The predicted molar refractivity (Wildman–Crippen MR) is 159 cm³/mol. The van der Waals surface area contributed by atoms with Gasteiger partial charge in [0.25, 0.3) is 0 Å². The number of aromatic nitrogens is 4. The molecule has 5 atom stereocenters. The Morgan fingerprint density at radius 2 is 1.91 bits per heavy atom. The molecule has 3 aliphatic rings. The number of esters is 1. The standard InChI is InChI=1S/C31H29Cl2N5O5/c1-4-41-28(40)31-13-20(31)22(24-25(31)43-30(2,3)42-24)38-15-35-21-26(36-29(33)37-27(21)38)34-14-17-12-18(32)10-11-19(17)23(39)16-8-6-5-7-9-16/h5-12,15,20,22,24-25H,4,13-14H2,1-3H3,(H,34,36,37)/t20-,22-,24+,25+,31+/m1/s1. The van der Waals surface area contributed by atoms with E-state index in [1.165, 1.54) is 0 Å². The number of nitrogens with zero attached hydrogens (tertiary/aromatic N) is 4. The van der Waals surface area contributed by atoms with E-state index >= 15 is 0 Å².